The third kappa shape index (κ3) is 3.10. The maximum atomic E-state index is 12.3. The smallest absolute Gasteiger partial charge is 0.328 e. The lowest BCUT2D eigenvalue weighted by atomic mass is 10.0. The van der Waals surface area contributed by atoms with Crippen LogP contribution in [0.1, 0.15) is 17.3 Å². The molecule has 0 bridgehead atoms. The summed E-state index contributed by atoms with van der Waals surface area (Å²) in [5.74, 6) is -1.08. The van der Waals surface area contributed by atoms with Crippen LogP contribution in [0.3, 0.4) is 0 Å². The van der Waals surface area contributed by atoms with Gasteiger partial charge in [0.1, 0.15) is 6.04 Å². The van der Waals surface area contributed by atoms with Crippen LogP contribution >= 0.6 is 0 Å². The summed E-state index contributed by atoms with van der Waals surface area (Å²) in [5.41, 5.74) is 1.25. The predicted molar refractivity (Wildman–Crippen MR) is 77.8 cm³/mol. The van der Waals surface area contributed by atoms with E-state index in [1.165, 1.54) is 7.11 Å². The van der Waals surface area contributed by atoms with Crippen LogP contribution in [-0.4, -0.2) is 34.4 Å². The molecule has 0 aliphatic carbocycles. The Morgan fingerprint density at radius 3 is 2.95 bits per heavy atom. The first-order valence-electron chi connectivity index (χ1n) is 6.49. The van der Waals surface area contributed by atoms with E-state index in [2.05, 4.69) is 16.9 Å². The summed E-state index contributed by atoms with van der Waals surface area (Å²) in [6.07, 6.45) is 6.64. The van der Waals surface area contributed by atoms with Gasteiger partial charge in [-0.15, -0.1) is 6.58 Å². The van der Waals surface area contributed by atoms with E-state index in [4.69, 9.17) is 4.74 Å². The molecule has 6 heteroatoms. The van der Waals surface area contributed by atoms with Gasteiger partial charge < -0.3 is 14.5 Å². The number of amides is 1. The quantitative estimate of drug-likeness (QED) is 0.667. The highest BCUT2D eigenvalue weighted by atomic mass is 16.5. The van der Waals surface area contributed by atoms with E-state index in [1.54, 1.807) is 48.3 Å². The molecule has 2 rings (SSSR count). The molecule has 0 radical (unpaired) electrons. The van der Waals surface area contributed by atoms with E-state index < -0.39 is 12.0 Å². The molecule has 0 aromatic carbocycles. The number of nitrogens with zero attached hydrogens (tertiary/aromatic N) is 2. The van der Waals surface area contributed by atoms with Crippen molar-refractivity contribution < 1.29 is 14.3 Å². The van der Waals surface area contributed by atoms with Crippen molar-refractivity contribution in [3.05, 3.63) is 49.1 Å². The number of rotatable bonds is 5. The summed E-state index contributed by atoms with van der Waals surface area (Å²) >= 11 is 0. The Kier molecular flexibility index (Phi) is 4.37. The number of hydrogen-bond acceptors (Lipinski definition) is 4. The SMILES string of the molecule is C=C[C@H](C)[C@H](NC(=O)c1ccn2cncc2c1)C(=O)OC. The standard InChI is InChI=1S/C15H17N3O3/c1-4-10(2)13(15(20)21-3)17-14(19)11-5-6-18-9-16-8-12(18)7-11/h4-10,13H,1H2,2-3H3,(H,17,19)/t10-,13-/m0/s1. The highest BCUT2D eigenvalue weighted by Gasteiger charge is 2.26. The van der Waals surface area contributed by atoms with Crippen molar-refractivity contribution in [2.24, 2.45) is 5.92 Å². The number of esters is 1. The molecule has 2 atom stereocenters. The number of pyridine rings is 1. The number of nitrogens with one attached hydrogen (secondary N) is 1. The zero-order valence-corrected chi connectivity index (χ0v) is 11.9. The van der Waals surface area contributed by atoms with Crippen LogP contribution in [0.5, 0.6) is 0 Å². The predicted octanol–water partition coefficient (Wildman–Crippen LogP) is 1.43. The first-order chi connectivity index (χ1) is 10.1. The van der Waals surface area contributed by atoms with Gasteiger partial charge in [0.25, 0.3) is 5.91 Å². The van der Waals surface area contributed by atoms with Gasteiger partial charge in [-0.3, -0.25) is 4.79 Å². The normalized spacial score (nSPS) is 13.4. The van der Waals surface area contributed by atoms with Gasteiger partial charge in [0.05, 0.1) is 25.2 Å². The molecule has 0 aliphatic rings. The molecular weight excluding hydrogens is 270 g/mol. The van der Waals surface area contributed by atoms with Gasteiger partial charge in [-0.25, -0.2) is 9.78 Å². The van der Waals surface area contributed by atoms with Gasteiger partial charge in [0, 0.05) is 17.7 Å². The molecule has 2 aromatic rings. The van der Waals surface area contributed by atoms with Gasteiger partial charge in [-0.2, -0.15) is 0 Å². The summed E-state index contributed by atoms with van der Waals surface area (Å²) in [5, 5.41) is 2.68. The van der Waals surface area contributed by atoms with Gasteiger partial charge in [0.2, 0.25) is 0 Å². The maximum absolute atomic E-state index is 12.3. The summed E-state index contributed by atoms with van der Waals surface area (Å²) < 4.78 is 6.51. The summed E-state index contributed by atoms with van der Waals surface area (Å²) in [6.45, 7) is 5.43. The minimum absolute atomic E-state index is 0.236. The molecule has 0 unspecified atom stereocenters. The second kappa shape index (κ2) is 6.21. The Balaban J connectivity index is 2.21. The number of aromatic nitrogens is 2. The fraction of sp³-hybridized carbons (Fsp3) is 0.267. The van der Waals surface area contributed by atoms with E-state index in [0.717, 1.165) is 5.52 Å². The summed E-state index contributed by atoms with van der Waals surface area (Å²) in [6, 6.07) is 2.60. The Bertz CT molecular complexity index is 678. The molecule has 0 saturated carbocycles. The molecule has 1 N–H and O–H groups in total. The van der Waals surface area contributed by atoms with Crippen molar-refractivity contribution in [3.8, 4) is 0 Å². The van der Waals surface area contributed by atoms with Crippen molar-refractivity contribution in [1.82, 2.24) is 14.7 Å². The van der Waals surface area contributed by atoms with E-state index in [1.807, 2.05) is 0 Å². The van der Waals surface area contributed by atoms with Crippen molar-refractivity contribution in [2.45, 2.75) is 13.0 Å². The fourth-order valence-electron chi connectivity index (χ4n) is 1.95. The lowest BCUT2D eigenvalue weighted by molar-refractivity contribution is -0.143. The number of imidazole rings is 1. The van der Waals surface area contributed by atoms with Gasteiger partial charge >= 0.3 is 5.97 Å². The lowest BCUT2D eigenvalue weighted by Gasteiger charge is -2.20. The second-order valence-corrected chi connectivity index (χ2v) is 4.71. The monoisotopic (exact) mass is 287 g/mol. The highest BCUT2D eigenvalue weighted by molar-refractivity contribution is 5.97. The number of hydrogen-bond donors (Lipinski definition) is 1. The molecule has 1 amide bonds. The first-order valence-corrected chi connectivity index (χ1v) is 6.49. The number of ether oxygens (including phenoxy) is 1. The zero-order valence-electron chi connectivity index (χ0n) is 11.9. The lowest BCUT2D eigenvalue weighted by Crippen LogP contribution is -2.45. The molecule has 2 heterocycles. The van der Waals surface area contributed by atoms with Gasteiger partial charge in [-0.1, -0.05) is 13.0 Å². The molecule has 2 aromatic heterocycles. The van der Waals surface area contributed by atoms with Crippen molar-refractivity contribution in [2.75, 3.05) is 7.11 Å². The minimum Gasteiger partial charge on any atom is -0.467 e. The highest BCUT2D eigenvalue weighted by Crippen LogP contribution is 2.10. The Morgan fingerprint density at radius 1 is 1.52 bits per heavy atom. The summed E-state index contributed by atoms with van der Waals surface area (Å²) in [7, 11) is 1.29. The maximum Gasteiger partial charge on any atom is 0.328 e. The minimum atomic E-state index is -0.763. The van der Waals surface area contributed by atoms with E-state index >= 15 is 0 Å². The topological polar surface area (TPSA) is 72.7 Å². The Labute approximate surface area is 122 Å². The third-order valence-electron chi connectivity index (χ3n) is 3.32. The van der Waals surface area contributed by atoms with Crippen molar-refractivity contribution in [1.29, 1.82) is 0 Å². The third-order valence-corrected chi connectivity index (χ3v) is 3.32. The van der Waals surface area contributed by atoms with Crippen molar-refractivity contribution >= 4 is 17.4 Å². The molecule has 21 heavy (non-hydrogen) atoms. The molecular formula is C15H17N3O3. The van der Waals surface area contributed by atoms with Crippen molar-refractivity contribution in [3.63, 3.8) is 0 Å². The zero-order chi connectivity index (χ0) is 15.4. The van der Waals surface area contributed by atoms with Crippen LogP contribution in [0.15, 0.2) is 43.5 Å². The average Bonchev–Trinajstić information content (AvgIpc) is 2.98. The van der Waals surface area contributed by atoms with Gasteiger partial charge in [-0.05, 0) is 12.1 Å². The van der Waals surface area contributed by atoms with Crippen LogP contribution < -0.4 is 5.32 Å². The molecule has 110 valence electrons. The number of fused-ring (bicyclic) bond motifs is 1. The fourth-order valence-corrected chi connectivity index (χ4v) is 1.95. The van der Waals surface area contributed by atoms with Crippen LogP contribution in [0.2, 0.25) is 0 Å². The molecule has 0 spiro atoms. The largest absolute Gasteiger partial charge is 0.467 e. The number of carbonyl (C=O) groups excluding carboxylic acids is 2. The van der Waals surface area contributed by atoms with E-state index in [0.29, 0.717) is 5.56 Å². The van der Waals surface area contributed by atoms with E-state index in [9.17, 15) is 9.59 Å². The van der Waals surface area contributed by atoms with Crippen LogP contribution in [-0.2, 0) is 9.53 Å². The summed E-state index contributed by atoms with van der Waals surface area (Å²) in [4.78, 5) is 28.0. The molecule has 6 nitrogen and oxygen atoms in total. The van der Waals surface area contributed by atoms with E-state index in [-0.39, 0.29) is 11.8 Å². The van der Waals surface area contributed by atoms with Gasteiger partial charge in [0.15, 0.2) is 0 Å². The van der Waals surface area contributed by atoms with Crippen LogP contribution in [0.4, 0.5) is 0 Å². The Hall–Kier alpha value is -2.63. The molecule has 0 saturated heterocycles. The second-order valence-electron chi connectivity index (χ2n) is 4.71. The number of methoxy groups -OCH3 is 1. The Morgan fingerprint density at radius 2 is 2.29 bits per heavy atom. The van der Waals surface area contributed by atoms with Crippen LogP contribution in [0.25, 0.3) is 5.52 Å². The average molecular weight is 287 g/mol. The number of carbonyl (C=O) groups is 2. The molecule has 0 aliphatic heterocycles. The first kappa shape index (κ1) is 14.8. The van der Waals surface area contributed by atoms with Crippen LogP contribution in [0, 0.1) is 5.92 Å². The molecule has 0 fully saturated rings.